The third kappa shape index (κ3) is 1.76. The number of hydrogen-bond donors (Lipinski definition) is 0. The van der Waals surface area contributed by atoms with E-state index in [1.807, 2.05) is 0 Å². The number of piperidine rings is 4. The Morgan fingerprint density at radius 2 is 1.18 bits per heavy atom. The Hall–Kier alpha value is -0.0800. The van der Waals surface area contributed by atoms with Gasteiger partial charge < -0.3 is 0 Å². The zero-order valence-electron chi connectivity index (χ0n) is 11.0. The Balaban J connectivity index is 1.56. The predicted molar refractivity (Wildman–Crippen MR) is 70.0 cm³/mol. The molecule has 0 aromatic carbocycles. The fourth-order valence-corrected chi connectivity index (χ4v) is 5.25. The summed E-state index contributed by atoms with van der Waals surface area (Å²) in [6.45, 7) is 5.68. The number of fused-ring (bicyclic) bond motifs is 6. The minimum absolute atomic E-state index is 0.961. The van der Waals surface area contributed by atoms with Gasteiger partial charge in [0.05, 0.1) is 0 Å². The van der Waals surface area contributed by atoms with Crippen molar-refractivity contribution in [3.05, 3.63) is 0 Å². The maximum atomic E-state index is 2.87. The molecule has 4 fully saturated rings. The van der Waals surface area contributed by atoms with Crippen molar-refractivity contribution in [2.24, 2.45) is 11.8 Å². The molecule has 4 rings (SSSR count). The van der Waals surface area contributed by atoms with Crippen LogP contribution in [0.15, 0.2) is 0 Å². The van der Waals surface area contributed by atoms with Crippen LogP contribution in [-0.2, 0) is 0 Å². The van der Waals surface area contributed by atoms with Crippen molar-refractivity contribution in [3.8, 4) is 0 Å². The molecule has 0 spiro atoms. The summed E-state index contributed by atoms with van der Waals surface area (Å²) in [6.07, 6.45) is 10.5. The SMILES string of the molecule is C1CCN2C[C@@H]3C[C@@H](CN4CCCC[C@H]34)C2C1. The summed E-state index contributed by atoms with van der Waals surface area (Å²) in [5.74, 6) is 2.03. The molecule has 4 atom stereocenters. The highest BCUT2D eigenvalue weighted by Crippen LogP contribution is 2.42. The lowest BCUT2D eigenvalue weighted by atomic mass is 9.71. The van der Waals surface area contributed by atoms with Crippen LogP contribution in [0.25, 0.3) is 0 Å². The van der Waals surface area contributed by atoms with Gasteiger partial charge in [-0.15, -0.1) is 0 Å². The van der Waals surface area contributed by atoms with Crippen LogP contribution in [0.2, 0.25) is 0 Å². The summed E-state index contributed by atoms with van der Waals surface area (Å²) >= 11 is 0. The van der Waals surface area contributed by atoms with Gasteiger partial charge in [0, 0.05) is 25.2 Å². The van der Waals surface area contributed by atoms with E-state index < -0.39 is 0 Å². The molecule has 0 amide bonds. The third-order valence-corrected chi connectivity index (χ3v) is 5.96. The molecule has 4 aliphatic heterocycles. The van der Waals surface area contributed by atoms with Crippen molar-refractivity contribution in [1.29, 1.82) is 0 Å². The fraction of sp³-hybridized carbons (Fsp3) is 1.00. The number of hydrogen-bond acceptors (Lipinski definition) is 2. The Labute approximate surface area is 105 Å². The van der Waals surface area contributed by atoms with Gasteiger partial charge >= 0.3 is 0 Å². The molecule has 0 radical (unpaired) electrons. The van der Waals surface area contributed by atoms with Crippen molar-refractivity contribution in [1.82, 2.24) is 9.80 Å². The fourth-order valence-electron chi connectivity index (χ4n) is 5.25. The lowest BCUT2D eigenvalue weighted by Crippen LogP contribution is -2.63. The van der Waals surface area contributed by atoms with Crippen molar-refractivity contribution in [2.75, 3.05) is 26.2 Å². The molecular weight excluding hydrogens is 208 g/mol. The molecule has 2 nitrogen and oxygen atoms in total. The molecule has 4 saturated heterocycles. The summed E-state index contributed by atoms with van der Waals surface area (Å²) < 4.78 is 0. The predicted octanol–water partition coefficient (Wildman–Crippen LogP) is 2.35. The molecular formula is C15H26N2. The smallest absolute Gasteiger partial charge is 0.0136 e. The monoisotopic (exact) mass is 234 g/mol. The summed E-state index contributed by atoms with van der Waals surface area (Å²) in [7, 11) is 0. The molecule has 0 aromatic heterocycles. The number of rotatable bonds is 0. The molecule has 4 aliphatic rings. The van der Waals surface area contributed by atoms with E-state index in [4.69, 9.17) is 0 Å². The largest absolute Gasteiger partial charge is 0.300 e. The van der Waals surface area contributed by atoms with Crippen LogP contribution in [0.1, 0.15) is 44.9 Å². The minimum Gasteiger partial charge on any atom is -0.300 e. The second-order valence-corrected chi connectivity index (χ2v) is 6.87. The summed E-state index contributed by atoms with van der Waals surface area (Å²) in [4.78, 5) is 5.74. The maximum Gasteiger partial charge on any atom is 0.0136 e. The van der Waals surface area contributed by atoms with Crippen LogP contribution in [0.4, 0.5) is 0 Å². The standard InChI is InChI=1S/C15H26N2/c1-3-7-16-11-13-9-12(14(16)5-1)10-17-8-4-2-6-15(13)17/h12-15H,1-11H2/t12-,13-,14+,15?/m0/s1. The van der Waals surface area contributed by atoms with E-state index in [-0.39, 0.29) is 0 Å². The summed E-state index contributed by atoms with van der Waals surface area (Å²) in [5, 5.41) is 0. The molecule has 0 aromatic rings. The van der Waals surface area contributed by atoms with Gasteiger partial charge in [-0.1, -0.05) is 12.8 Å². The number of nitrogens with zero attached hydrogens (tertiary/aromatic N) is 2. The lowest BCUT2D eigenvalue weighted by Gasteiger charge is -2.57. The van der Waals surface area contributed by atoms with Gasteiger partial charge in [-0.2, -0.15) is 0 Å². The van der Waals surface area contributed by atoms with Crippen LogP contribution in [-0.4, -0.2) is 48.1 Å². The Morgan fingerprint density at radius 3 is 1.71 bits per heavy atom. The Morgan fingerprint density at radius 1 is 0.647 bits per heavy atom. The van der Waals surface area contributed by atoms with Crippen LogP contribution < -0.4 is 0 Å². The molecule has 17 heavy (non-hydrogen) atoms. The first-order chi connectivity index (χ1) is 8.42. The molecule has 2 bridgehead atoms. The molecule has 0 aliphatic carbocycles. The second kappa shape index (κ2) is 4.24. The van der Waals surface area contributed by atoms with Gasteiger partial charge in [0.25, 0.3) is 0 Å². The molecule has 1 unspecified atom stereocenters. The highest BCUT2D eigenvalue weighted by molar-refractivity contribution is 5.00. The minimum atomic E-state index is 0.961. The highest BCUT2D eigenvalue weighted by atomic mass is 15.3. The van der Waals surface area contributed by atoms with Gasteiger partial charge in [0.1, 0.15) is 0 Å². The molecule has 2 heteroatoms. The molecule has 0 N–H and O–H groups in total. The van der Waals surface area contributed by atoms with Gasteiger partial charge in [0.15, 0.2) is 0 Å². The van der Waals surface area contributed by atoms with Crippen LogP contribution in [0.3, 0.4) is 0 Å². The Bertz CT molecular complexity index is 263. The molecule has 4 heterocycles. The Kier molecular flexibility index (Phi) is 2.69. The topological polar surface area (TPSA) is 6.48 Å². The van der Waals surface area contributed by atoms with E-state index in [1.165, 1.54) is 64.7 Å². The second-order valence-electron chi connectivity index (χ2n) is 6.87. The van der Waals surface area contributed by atoms with Gasteiger partial charge in [-0.3, -0.25) is 9.80 Å². The molecule has 0 saturated carbocycles. The third-order valence-electron chi connectivity index (χ3n) is 5.96. The van der Waals surface area contributed by atoms with Gasteiger partial charge in [-0.25, -0.2) is 0 Å². The van der Waals surface area contributed by atoms with E-state index in [1.54, 1.807) is 6.42 Å². The first-order valence-corrected chi connectivity index (χ1v) is 7.90. The van der Waals surface area contributed by atoms with Crippen molar-refractivity contribution in [3.63, 3.8) is 0 Å². The zero-order chi connectivity index (χ0) is 11.2. The average Bonchev–Trinajstić information content (AvgIpc) is 2.39. The zero-order valence-corrected chi connectivity index (χ0v) is 11.0. The quantitative estimate of drug-likeness (QED) is 0.635. The first kappa shape index (κ1) is 10.8. The molecule has 96 valence electrons. The lowest BCUT2D eigenvalue weighted by molar-refractivity contribution is -0.0718. The summed E-state index contributed by atoms with van der Waals surface area (Å²) in [5.41, 5.74) is 0. The van der Waals surface area contributed by atoms with E-state index in [2.05, 4.69) is 9.80 Å². The average molecular weight is 234 g/mol. The first-order valence-electron chi connectivity index (χ1n) is 7.90. The van der Waals surface area contributed by atoms with Crippen LogP contribution in [0.5, 0.6) is 0 Å². The van der Waals surface area contributed by atoms with Crippen LogP contribution >= 0.6 is 0 Å². The van der Waals surface area contributed by atoms with Crippen molar-refractivity contribution >= 4 is 0 Å². The van der Waals surface area contributed by atoms with Crippen molar-refractivity contribution < 1.29 is 0 Å². The van der Waals surface area contributed by atoms with E-state index in [9.17, 15) is 0 Å². The summed E-state index contributed by atoms with van der Waals surface area (Å²) in [6, 6.07) is 1.92. The van der Waals surface area contributed by atoms with E-state index in [0.717, 1.165) is 23.9 Å². The maximum absolute atomic E-state index is 2.87. The van der Waals surface area contributed by atoms with E-state index >= 15 is 0 Å². The van der Waals surface area contributed by atoms with Gasteiger partial charge in [-0.05, 0) is 57.0 Å². The van der Waals surface area contributed by atoms with Gasteiger partial charge in [0.2, 0.25) is 0 Å². The van der Waals surface area contributed by atoms with E-state index in [0.29, 0.717) is 0 Å². The van der Waals surface area contributed by atoms with Crippen LogP contribution in [0, 0.1) is 11.8 Å². The highest BCUT2D eigenvalue weighted by Gasteiger charge is 2.46. The normalized spacial score (nSPS) is 47.3. The van der Waals surface area contributed by atoms with Crippen molar-refractivity contribution in [2.45, 2.75) is 57.0 Å².